The molecule has 0 aromatic heterocycles. The van der Waals surface area contributed by atoms with Crippen LogP contribution in [0.2, 0.25) is 0 Å². The minimum absolute atomic E-state index is 0.0435. The van der Waals surface area contributed by atoms with Gasteiger partial charge in [-0.15, -0.1) is 0 Å². The number of benzene rings is 2. The molecule has 134 valence electrons. The van der Waals surface area contributed by atoms with Crippen molar-refractivity contribution in [1.82, 2.24) is 4.90 Å². The number of likely N-dealkylation sites (tertiary alicyclic amines) is 1. The van der Waals surface area contributed by atoms with Gasteiger partial charge in [0.15, 0.2) is 0 Å². The molecule has 2 aromatic carbocycles. The van der Waals surface area contributed by atoms with Crippen LogP contribution < -0.4 is 10.6 Å². The smallest absolute Gasteiger partial charge is 0.238 e. The molecule has 0 aliphatic carbocycles. The van der Waals surface area contributed by atoms with Crippen LogP contribution in [0.3, 0.4) is 0 Å². The van der Waals surface area contributed by atoms with Crippen LogP contribution >= 0.6 is 0 Å². The Bertz CT molecular complexity index is 847. The van der Waals surface area contributed by atoms with Gasteiger partial charge in [0.2, 0.25) is 11.8 Å². The van der Waals surface area contributed by atoms with E-state index in [0.29, 0.717) is 13.1 Å². The molecule has 1 spiro atoms. The Morgan fingerprint density at radius 2 is 1.96 bits per heavy atom. The molecule has 2 amide bonds. The number of carbonyl (C=O) groups excluding carboxylic acids is 2. The Balaban J connectivity index is 1.41. The highest BCUT2D eigenvalue weighted by Crippen LogP contribution is 2.43. The van der Waals surface area contributed by atoms with Gasteiger partial charge in [0.1, 0.15) is 0 Å². The summed E-state index contributed by atoms with van der Waals surface area (Å²) in [6.45, 7) is 3.73. The molecule has 0 bridgehead atoms. The average molecular weight is 349 g/mol. The maximum atomic E-state index is 12.6. The first kappa shape index (κ1) is 16.8. The van der Waals surface area contributed by atoms with Gasteiger partial charge in [-0.2, -0.15) is 0 Å². The van der Waals surface area contributed by atoms with E-state index in [9.17, 15) is 9.59 Å². The second-order valence-corrected chi connectivity index (χ2v) is 7.14. The van der Waals surface area contributed by atoms with Crippen molar-refractivity contribution < 1.29 is 9.59 Å². The maximum Gasteiger partial charge on any atom is 0.238 e. The number of amides is 2. The molecule has 1 atom stereocenters. The van der Waals surface area contributed by atoms with E-state index < -0.39 is 5.41 Å². The number of nitrogens with one attached hydrogen (secondary N) is 2. The van der Waals surface area contributed by atoms with E-state index in [1.54, 1.807) is 0 Å². The van der Waals surface area contributed by atoms with Gasteiger partial charge in [-0.3, -0.25) is 14.5 Å². The van der Waals surface area contributed by atoms with Crippen LogP contribution in [0.1, 0.15) is 24.5 Å². The number of hydrogen-bond donors (Lipinski definition) is 2. The standard InChI is InChI=1S/C21H23N3O2/c1-2-15-7-9-16(10-8-15)22-19(25)13-24-12-11-21(14-24)17-5-3-4-6-18(17)23-20(21)26/h3-10H,2,11-14H2,1H3,(H,22,25)(H,23,26). The van der Waals surface area contributed by atoms with Gasteiger partial charge in [0, 0.05) is 24.5 Å². The van der Waals surface area contributed by atoms with E-state index in [1.165, 1.54) is 5.56 Å². The van der Waals surface area contributed by atoms with Gasteiger partial charge in [-0.05, 0) is 42.2 Å². The molecule has 2 aliphatic heterocycles. The highest BCUT2D eigenvalue weighted by molar-refractivity contribution is 6.06. The SMILES string of the molecule is CCc1ccc(NC(=O)CN2CCC3(C2)C(=O)Nc2ccccc23)cc1. The first-order chi connectivity index (χ1) is 12.6. The number of fused-ring (bicyclic) bond motifs is 2. The summed E-state index contributed by atoms with van der Waals surface area (Å²) >= 11 is 0. The molecule has 2 N–H and O–H groups in total. The Hall–Kier alpha value is -2.66. The van der Waals surface area contributed by atoms with Crippen molar-refractivity contribution in [2.24, 2.45) is 0 Å². The molecule has 5 nitrogen and oxygen atoms in total. The van der Waals surface area contributed by atoms with Crippen molar-refractivity contribution >= 4 is 23.2 Å². The third-order valence-corrected chi connectivity index (χ3v) is 5.49. The number of rotatable bonds is 4. The number of nitrogens with zero attached hydrogens (tertiary/aromatic N) is 1. The third kappa shape index (κ3) is 2.88. The van der Waals surface area contributed by atoms with Crippen LogP contribution in [0.25, 0.3) is 0 Å². The van der Waals surface area contributed by atoms with Crippen LogP contribution in [0.5, 0.6) is 0 Å². The molecule has 1 saturated heterocycles. The number of carbonyl (C=O) groups is 2. The van der Waals surface area contributed by atoms with Gasteiger partial charge in [0.25, 0.3) is 0 Å². The predicted octanol–water partition coefficient (Wildman–Crippen LogP) is 2.78. The molecule has 0 radical (unpaired) electrons. The molecule has 1 fully saturated rings. The molecule has 2 aliphatic rings. The summed E-state index contributed by atoms with van der Waals surface area (Å²) in [4.78, 5) is 27.1. The van der Waals surface area contributed by atoms with Crippen LogP contribution in [0, 0.1) is 0 Å². The normalized spacial score (nSPS) is 21.7. The monoisotopic (exact) mass is 349 g/mol. The predicted molar refractivity (Wildman–Crippen MR) is 102 cm³/mol. The molecule has 4 rings (SSSR count). The number of aryl methyl sites for hydroxylation is 1. The topological polar surface area (TPSA) is 61.4 Å². The second kappa shape index (κ2) is 6.57. The van der Waals surface area contributed by atoms with E-state index in [2.05, 4.69) is 22.5 Å². The Morgan fingerprint density at radius 1 is 1.19 bits per heavy atom. The molecule has 2 heterocycles. The highest BCUT2D eigenvalue weighted by Gasteiger charge is 2.50. The summed E-state index contributed by atoms with van der Waals surface area (Å²) in [5, 5.41) is 5.94. The molecular weight excluding hydrogens is 326 g/mol. The van der Waals surface area contributed by atoms with Crippen LogP contribution in [-0.2, 0) is 21.4 Å². The summed E-state index contributed by atoms with van der Waals surface area (Å²) in [6, 6.07) is 15.8. The molecular formula is C21H23N3O2. The van der Waals surface area contributed by atoms with Gasteiger partial charge < -0.3 is 10.6 Å². The fraction of sp³-hybridized carbons (Fsp3) is 0.333. The van der Waals surface area contributed by atoms with E-state index in [1.807, 2.05) is 48.5 Å². The van der Waals surface area contributed by atoms with Crippen molar-refractivity contribution in [2.45, 2.75) is 25.2 Å². The first-order valence-electron chi connectivity index (χ1n) is 9.13. The highest BCUT2D eigenvalue weighted by atomic mass is 16.2. The summed E-state index contributed by atoms with van der Waals surface area (Å²) in [5.41, 5.74) is 3.50. The van der Waals surface area contributed by atoms with E-state index in [4.69, 9.17) is 0 Å². The molecule has 0 saturated carbocycles. The zero-order valence-electron chi connectivity index (χ0n) is 14.9. The molecule has 1 unspecified atom stereocenters. The molecule has 26 heavy (non-hydrogen) atoms. The van der Waals surface area contributed by atoms with Gasteiger partial charge >= 0.3 is 0 Å². The van der Waals surface area contributed by atoms with Gasteiger partial charge in [0.05, 0.1) is 12.0 Å². The van der Waals surface area contributed by atoms with Crippen LogP contribution in [-0.4, -0.2) is 36.3 Å². The maximum absolute atomic E-state index is 12.6. The Morgan fingerprint density at radius 3 is 2.73 bits per heavy atom. The van der Waals surface area contributed by atoms with E-state index >= 15 is 0 Å². The van der Waals surface area contributed by atoms with Crippen molar-refractivity contribution in [3.63, 3.8) is 0 Å². The Labute approximate surface area is 153 Å². The summed E-state index contributed by atoms with van der Waals surface area (Å²) in [6.07, 6.45) is 1.72. The average Bonchev–Trinajstić information content (AvgIpc) is 3.18. The Kier molecular flexibility index (Phi) is 4.24. The first-order valence-corrected chi connectivity index (χ1v) is 9.13. The largest absolute Gasteiger partial charge is 0.325 e. The third-order valence-electron chi connectivity index (χ3n) is 5.49. The zero-order valence-corrected chi connectivity index (χ0v) is 14.9. The number of hydrogen-bond acceptors (Lipinski definition) is 3. The van der Waals surface area contributed by atoms with Crippen molar-refractivity contribution in [3.8, 4) is 0 Å². The molecule has 5 heteroatoms. The van der Waals surface area contributed by atoms with Crippen molar-refractivity contribution in [2.75, 3.05) is 30.3 Å². The summed E-state index contributed by atoms with van der Waals surface area (Å²) in [5.74, 6) is 0.00903. The van der Waals surface area contributed by atoms with E-state index in [0.717, 1.165) is 36.3 Å². The quantitative estimate of drug-likeness (QED) is 0.892. The lowest BCUT2D eigenvalue weighted by atomic mass is 9.81. The van der Waals surface area contributed by atoms with Gasteiger partial charge in [-0.25, -0.2) is 0 Å². The fourth-order valence-corrected chi connectivity index (χ4v) is 4.03. The van der Waals surface area contributed by atoms with Crippen LogP contribution in [0.15, 0.2) is 48.5 Å². The van der Waals surface area contributed by atoms with E-state index in [-0.39, 0.29) is 11.8 Å². The minimum atomic E-state index is -0.514. The molecule has 2 aromatic rings. The number of para-hydroxylation sites is 1. The summed E-state index contributed by atoms with van der Waals surface area (Å²) < 4.78 is 0. The second-order valence-electron chi connectivity index (χ2n) is 7.14. The van der Waals surface area contributed by atoms with Crippen molar-refractivity contribution in [1.29, 1.82) is 0 Å². The fourth-order valence-electron chi connectivity index (χ4n) is 4.03. The lowest BCUT2D eigenvalue weighted by Gasteiger charge is -2.22. The lowest BCUT2D eigenvalue weighted by Crippen LogP contribution is -2.39. The van der Waals surface area contributed by atoms with Gasteiger partial charge in [-0.1, -0.05) is 37.3 Å². The minimum Gasteiger partial charge on any atom is -0.325 e. The lowest BCUT2D eigenvalue weighted by molar-refractivity contribution is -0.121. The van der Waals surface area contributed by atoms with Crippen molar-refractivity contribution in [3.05, 3.63) is 59.7 Å². The van der Waals surface area contributed by atoms with Crippen LogP contribution in [0.4, 0.5) is 11.4 Å². The summed E-state index contributed by atoms with van der Waals surface area (Å²) in [7, 11) is 0. The number of anilines is 2. The zero-order chi connectivity index (χ0) is 18.1.